The number of carbonyl (C=O) groups excluding carboxylic acids is 3. The van der Waals surface area contributed by atoms with Crippen LogP contribution in [0.1, 0.15) is 28.8 Å². The molecular formula is C23H21ClF2N4O3. The third-order valence-corrected chi connectivity index (χ3v) is 5.85. The van der Waals surface area contributed by atoms with Crippen molar-refractivity contribution in [3.05, 3.63) is 70.2 Å². The highest BCUT2D eigenvalue weighted by Gasteiger charge is 2.31. The molecule has 4 rings (SSSR count). The van der Waals surface area contributed by atoms with Crippen molar-refractivity contribution >= 4 is 35.0 Å². The number of amides is 3. The van der Waals surface area contributed by atoms with Crippen LogP contribution in [-0.4, -0.2) is 64.4 Å². The van der Waals surface area contributed by atoms with E-state index in [1.165, 1.54) is 34.2 Å². The van der Waals surface area contributed by atoms with E-state index in [9.17, 15) is 23.2 Å². The van der Waals surface area contributed by atoms with Crippen molar-refractivity contribution in [3.63, 3.8) is 0 Å². The quantitative estimate of drug-likeness (QED) is 0.683. The van der Waals surface area contributed by atoms with E-state index in [2.05, 4.69) is 5.10 Å². The minimum atomic E-state index is -0.648. The average Bonchev–Trinajstić information content (AvgIpc) is 2.82. The Bertz CT molecular complexity index is 1120. The normalized spacial score (nSPS) is 16.6. The fourth-order valence-corrected chi connectivity index (χ4v) is 3.94. The molecule has 2 aromatic carbocycles. The Kier molecular flexibility index (Phi) is 6.69. The van der Waals surface area contributed by atoms with E-state index in [4.69, 9.17) is 11.6 Å². The molecule has 2 aliphatic rings. The summed E-state index contributed by atoms with van der Waals surface area (Å²) in [4.78, 5) is 40.9. The van der Waals surface area contributed by atoms with Crippen LogP contribution in [-0.2, 0) is 16.1 Å². The van der Waals surface area contributed by atoms with Crippen molar-refractivity contribution in [1.29, 1.82) is 0 Å². The molecule has 10 heteroatoms. The van der Waals surface area contributed by atoms with Gasteiger partial charge in [-0.1, -0.05) is 23.7 Å². The van der Waals surface area contributed by atoms with Gasteiger partial charge in [-0.05, 0) is 35.9 Å². The summed E-state index contributed by atoms with van der Waals surface area (Å²) in [6.45, 7) is 1.14. The predicted octanol–water partition coefficient (Wildman–Crippen LogP) is 3.08. The Morgan fingerprint density at radius 2 is 1.55 bits per heavy atom. The highest BCUT2D eigenvalue weighted by Crippen LogP contribution is 2.19. The van der Waals surface area contributed by atoms with Crippen molar-refractivity contribution in [2.45, 2.75) is 19.4 Å². The van der Waals surface area contributed by atoms with Crippen LogP contribution in [0.3, 0.4) is 0 Å². The molecule has 1 saturated heterocycles. The van der Waals surface area contributed by atoms with Crippen LogP contribution in [0, 0.1) is 11.6 Å². The highest BCUT2D eigenvalue weighted by molar-refractivity contribution is 6.39. The number of hydrogen-bond acceptors (Lipinski definition) is 4. The molecule has 0 aromatic heterocycles. The molecule has 1 fully saturated rings. The van der Waals surface area contributed by atoms with Crippen LogP contribution in [0.2, 0.25) is 5.02 Å². The van der Waals surface area contributed by atoms with Gasteiger partial charge in [-0.15, -0.1) is 0 Å². The summed E-state index contributed by atoms with van der Waals surface area (Å²) in [6.07, 6.45) is 0.378. The lowest BCUT2D eigenvalue weighted by Gasteiger charge is -2.35. The summed E-state index contributed by atoms with van der Waals surface area (Å²) in [5, 5.41) is 5.74. The minimum absolute atomic E-state index is 0.103. The molecule has 2 heterocycles. The Morgan fingerprint density at radius 1 is 0.909 bits per heavy atom. The van der Waals surface area contributed by atoms with Gasteiger partial charge in [-0.2, -0.15) is 5.10 Å². The van der Waals surface area contributed by atoms with Crippen molar-refractivity contribution in [2.75, 3.05) is 26.2 Å². The second-order valence-corrected chi connectivity index (χ2v) is 8.27. The molecule has 3 amide bonds. The molecule has 2 aliphatic heterocycles. The lowest BCUT2D eigenvalue weighted by Crippen LogP contribution is -2.53. The Hall–Kier alpha value is -3.33. The number of benzene rings is 2. The zero-order valence-electron chi connectivity index (χ0n) is 17.6. The molecule has 0 spiro atoms. The van der Waals surface area contributed by atoms with Crippen LogP contribution < -0.4 is 0 Å². The lowest BCUT2D eigenvalue weighted by molar-refractivity contribution is -0.132. The highest BCUT2D eigenvalue weighted by atomic mass is 35.5. The molecule has 0 radical (unpaired) electrons. The van der Waals surface area contributed by atoms with E-state index >= 15 is 0 Å². The molecule has 0 N–H and O–H groups in total. The van der Waals surface area contributed by atoms with Crippen LogP contribution in [0.4, 0.5) is 8.78 Å². The van der Waals surface area contributed by atoms with Crippen LogP contribution in [0.25, 0.3) is 0 Å². The fraction of sp³-hybridized carbons (Fsp3) is 0.304. The first-order chi connectivity index (χ1) is 15.8. The Balaban J connectivity index is 1.39. The number of hydrazone groups is 1. The lowest BCUT2D eigenvalue weighted by atomic mass is 10.1. The van der Waals surface area contributed by atoms with E-state index in [1.54, 1.807) is 17.0 Å². The molecule has 0 aliphatic carbocycles. The standard InChI is InChI=1S/C23H21ClF2N4O3/c24-16-3-6-19(26)18(13-16)22(32)28-9-11-29(12-10-28)23(33)20-7-8-21(31)30(27-20)14-15-1-4-17(25)5-2-15/h1-6,13H,7-12,14H2. The zero-order valence-corrected chi connectivity index (χ0v) is 18.4. The molecule has 0 bridgehead atoms. The van der Waals surface area contributed by atoms with Gasteiger partial charge in [-0.3, -0.25) is 14.4 Å². The molecule has 0 atom stereocenters. The van der Waals surface area contributed by atoms with E-state index in [0.717, 1.165) is 6.07 Å². The van der Waals surface area contributed by atoms with Crippen LogP contribution >= 0.6 is 11.6 Å². The van der Waals surface area contributed by atoms with Gasteiger partial charge in [-0.25, -0.2) is 13.8 Å². The number of piperazine rings is 1. The average molecular weight is 475 g/mol. The van der Waals surface area contributed by atoms with E-state index in [1.807, 2.05) is 0 Å². The van der Waals surface area contributed by atoms with Crippen LogP contribution in [0.5, 0.6) is 0 Å². The number of carbonyl (C=O) groups is 3. The van der Waals surface area contributed by atoms with Gasteiger partial charge in [0.2, 0.25) is 5.91 Å². The summed E-state index contributed by atoms with van der Waals surface area (Å²) < 4.78 is 27.1. The van der Waals surface area contributed by atoms with E-state index < -0.39 is 11.7 Å². The second kappa shape index (κ2) is 9.66. The van der Waals surface area contributed by atoms with Gasteiger partial charge in [0, 0.05) is 44.0 Å². The maximum atomic E-state index is 14.0. The maximum absolute atomic E-state index is 14.0. The summed E-state index contributed by atoms with van der Waals surface area (Å²) in [5.74, 6) is -2.01. The predicted molar refractivity (Wildman–Crippen MR) is 118 cm³/mol. The number of nitrogens with zero attached hydrogens (tertiary/aromatic N) is 4. The molecule has 172 valence electrons. The topological polar surface area (TPSA) is 73.3 Å². The summed E-state index contributed by atoms with van der Waals surface area (Å²) in [7, 11) is 0. The largest absolute Gasteiger partial charge is 0.335 e. The SMILES string of the molecule is O=C(C1=NN(Cc2ccc(F)cc2)C(=O)CC1)N1CCN(C(=O)c2cc(Cl)ccc2F)CC1. The van der Waals surface area contributed by atoms with E-state index in [0.29, 0.717) is 5.56 Å². The molecule has 33 heavy (non-hydrogen) atoms. The molecule has 2 aromatic rings. The van der Waals surface area contributed by atoms with Crippen molar-refractivity contribution < 1.29 is 23.2 Å². The smallest absolute Gasteiger partial charge is 0.270 e. The number of rotatable bonds is 4. The number of halogens is 3. The fourth-order valence-electron chi connectivity index (χ4n) is 3.77. The van der Waals surface area contributed by atoms with Gasteiger partial charge in [0.05, 0.1) is 12.1 Å². The molecular weight excluding hydrogens is 454 g/mol. The van der Waals surface area contributed by atoms with Crippen molar-refractivity contribution in [3.8, 4) is 0 Å². The number of hydrogen-bond donors (Lipinski definition) is 0. The Morgan fingerprint density at radius 3 is 2.21 bits per heavy atom. The second-order valence-electron chi connectivity index (χ2n) is 7.83. The summed E-state index contributed by atoms with van der Waals surface area (Å²) in [6, 6.07) is 9.54. The van der Waals surface area contributed by atoms with Gasteiger partial charge in [0.1, 0.15) is 17.3 Å². The van der Waals surface area contributed by atoms with Gasteiger partial charge >= 0.3 is 0 Å². The first-order valence-corrected chi connectivity index (χ1v) is 10.9. The van der Waals surface area contributed by atoms with Gasteiger partial charge < -0.3 is 9.80 Å². The third kappa shape index (κ3) is 5.19. The Labute approximate surface area is 194 Å². The first-order valence-electron chi connectivity index (χ1n) is 10.5. The summed E-state index contributed by atoms with van der Waals surface area (Å²) >= 11 is 5.88. The third-order valence-electron chi connectivity index (χ3n) is 5.61. The van der Waals surface area contributed by atoms with Crippen molar-refractivity contribution in [2.24, 2.45) is 5.10 Å². The minimum Gasteiger partial charge on any atom is -0.335 e. The van der Waals surface area contributed by atoms with Crippen molar-refractivity contribution in [1.82, 2.24) is 14.8 Å². The molecule has 0 unspecified atom stereocenters. The van der Waals surface area contributed by atoms with E-state index in [-0.39, 0.29) is 79.5 Å². The zero-order chi connectivity index (χ0) is 23.5. The molecule has 0 saturated carbocycles. The summed E-state index contributed by atoms with van der Waals surface area (Å²) in [5.41, 5.74) is 0.855. The molecule has 7 nitrogen and oxygen atoms in total. The first kappa shape index (κ1) is 22.8. The monoisotopic (exact) mass is 474 g/mol. The maximum Gasteiger partial charge on any atom is 0.270 e. The van der Waals surface area contributed by atoms with Crippen LogP contribution in [0.15, 0.2) is 47.6 Å². The van der Waals surface area contributed by atoms with Gasteiger partial charge in [0.25, 0.3) is 11.8 Å². The van der Waals surface area contributed by atoms with Gasteiger partial charge in [0.15, 0.2) is 0 Å².